The smallest absolute Gasteiger partial charge is 0.251 e. The Morgan fingerprint density at radius 2 is 2.00 bits per heavy atom. The molecule has 1 heterocycles. The number of ether oxygens (including phenoxy) is 3. The summed E-state index contributed by atoms with van der Waals surface area (Å²) in [6, 6.07) is 8.57. The Morgan fingerprint density at radius 1 is 1.28 bits per heavy atom. The highest BCUT2D eigenvalue weighted by Crippen LogP contribution is 2.24. The summed E-state index contributed by atoms with van der Waals surface area (Å²) < 4.78 is 42.3. The number of carbonyl (C=O) groups is 1. The van der Waals surface area contributed by atoms with Crippen LogP contribution in [-0.2, 0) is 24.2 Å². The molecule has 1 aromatic rings. The maximum atomic E-state index is 12.1. The van der Waals surface area contributed by atoms with Crippen molar-refractivity contribution in [1.29, 1.82) is 0 Å². The number of amides is 1. The highest BCUT2D eigenvalue weighted by molar-refractivity contribution is 7.89. The van der Waals surface area contributed by atoms with Gasteiger partial charge in [-0.2, -0.15) is 0 Å². The molecule has 2 rings (SSSR count). The minimum Gasteiger partial charge on any atom is -0.352 e. The molecule has 0 fully saturated rings. The number of nitrogens with one attached hydrogen (secondary N) is 2. The van der Waals surface area contributed by atoms with E-state index >= 15 is 0 Å². The fourth-order valence-corrected chi connectivity index (χ4v) is 3.13. The molecular formula is C16H22N2O6S. The zero-order chi connectivity index (χ0) is 18.3. The van der Waals surface area contributed by atoms with Crippen LogP contribution in [0.2, 0.25) is 0 Å². The van der Waals surface area contributed by atoms with Crippen molar-refractivity contribution in [2.45, 2.75) is 12.1 Å². The van der Waals surface area contributed by atoms with E-state index in [0.717, 1.165) is 0 Å². The number of benzene rings is 1. The average Bonchev–Trinajstić information content (AvgIpc) is 3.05. The number of hydrogen-bond donors (Lipinski definition) is 2. The van der Waals surface area contributed by atoms with Crippen LogP contribution in [0, 0.1) is 0 Å². The minimum absolute atomic E-state index is 0.0135. The van der Waals surface area contributed by atoms with Gasteiger partial charge in [-0.3, -0.25) is 4.79 Å². The van der Waals surface area contributed by atoms with Crippen molar-refractivity contribution in [2.75, 3.05) is 33.1 Å². The SMILES string of the molecule is CO[C@H]1C=C[C@@](CNS(=O)(=O)CCNC(=O)c2ccccc2)(OC)O1. The van der Waals surface area contributed by atoms with Crippen molar-refractivity contribution < 1.29 is 27.4 Å². The zero-order valence-electron chi connectivity index (χ0n) is 14.1. The van der Waals surface area contributed by atoms with Gasteiger partial charge in [-0.1, -0.05) is 18.2 Å². The normalized spacial score (nSPS) is 22.9. The van der Waals surface area contributed by atoms with Crippen LogP contribution >= 0.6 is 0 Å². The second-order valence-corrected chi connectivity index (χ2v) is 7.29. The topological polar surface area (TPSA) is 103 Å². The average molecular weight is 370 g/mol. The van der Waals surface area contributed by atoms with Crippen molar-refractivity contribution >= 4 is 15.9 Å². The van der Waals surface area contributed by atoms with E-state index in [1.54, 1.807) is 42.5 Å². The van der Waals surface area contributed by atoms with E-state index in [1.807, 2.05) is 0 Å². The summed E-state index contributed by atoms with van der Waals surface area (Å²) in [6.07, 6.45) is 2.65. The third-order valence-electron chi connectivity index (χ3n) is 3.63. The number of methoxy groups -OCH3 is 2. The van der Waals surface area contributed by atoms with Crippen molar-refractivity contribution in [3.8, 4) is 0 Å². The van der Waals surface area contributed by atoms with Crippen LogP contribution in [0.5, 0.6) is 0 Å². The molecule has 0 saturated carbocycles. The van der Waals surface area contributed by atoms with Crippen molar-refractivity contribution in [1.82, 2.24) is 10.0 Å². The molecule has 2 atom stereocenters. The second-order valence-electron chi connectivity index (χ2n) is 5.36. The molecule has 0 unspecified atom stereocenters. The lowest BCUT2D eigenvalue weighted by Gasteiger charge is -2.27. The number of sulfonamides is 1. The second kappa shape index (κ2) is 8.54. The maximum absolute atomic E-state index is 12.1. The van der Waals surface area contributed by atoms with E-state index in [1.165, 1.54) is 14.2 Å². The predicted octanol–water partition coefficient (Wildman–Crippen LogP) is 0.237. The first-order chi connectivity index (χ1) is 11.9. The van der Waals surface area contributed by atoms with Gasteiger partial charge in [0.15, 0.2) is 6.29 Å². The predicted molar refractivity (Wildman–Crippen MR) is 91.3 cm³/mol. The number of carbonyl (C=O) groups excluding carboxylic acids is 1. The molecule has 138 valence electrons. The Morgan fingerprint density at radius 3 is 2.60 bits per heavy atom. The van der Waals surface area contributed by atoms with Crippen LogP contribution < -0.4 is 10.0 Å². The molecule has 1 aromatic carbocycles. The zero-order valence-corrected chi connectivity index (χ0v) is 14.9. The van der Waals surface area contributed by atoms with Crippen LogP contribution in [-0.4, -0.2) is 59.5 Å². The molecule has 1 aliphatic heterocycles. The van der Waals surface area contributed by atoms with Gasteiger partial charge in [0, 0.05) is 26.3 Å². The van der Waals surface area contributed by atoms with Crippen LogP contribution in [0.3, 0.4) is 0 Å². The fraction of sp³-hybridized carbons (Fsp3) is 0.438. The summed E-state index contributed by atoms with van der Waals surface area (Å²) in [4.78, 5) is 11.9. The molecule has 25 heavy (non-hydrogen) atoms. The summed E-state index contributed by atoms with van der Waals surface area (Å²) in [7, 11) is -0.733. The Kier molecular flexibility index (Phi) is 6.68. The number of rotatable bonds is 9. The van der Waals surface area contributed by atoms with Gasteiger partial charge in [-0.15, -0.1) is 0 Å². The van der Waals surface area contributed by atoms with Gasteiger partial charge in [-0.25, -0.2) is 13.1 Å². The summed E-state index contributed by atoms with van der Waals surface area (Å²) >= 11 is 0. The molecule has 1 amide bonds. The molecule has 8 nitrogen and oxygen atoms in total. The fourth-order valence-electron chi connectivity index (χ4n) is 2.19. The first-order valence-electron chi connectivity index (χ1n) is 7.65. The summed E-state index contributed by atoms with van der Waals surface area (Å²) in [5.41, 5.74) is 0.473. The van der Waals surface area contributed by atoms with Crippen molar-refractivity contribution in [3.05, 3.63) is 48.0 Å². The Hall–Kier alpha value is -1.78. The first-order valence-corrected chi connectivity index (χ1v) is 9.31. The van der Waals surface area contributed by atoms with Gasteiger partial charge in [0.2, 0.25) is 15.8 Å². The Bertz CT molecular complexity index is 707. The monoisotopic (exact) mass is 370 g/mol. The van der Waals surface area contributed by atoms with E-state index in [-0.39, 0.29) is 24.7 Å². The molecular weight excluding hydrogens is 348 g/mol. The molecule has 0 bridgehead atoms. The van der Waals surface area contributed by atoms with E-state index < -0.39 is 22.1 Å². The third kappa shape index (κ3) is 5.62. The highest BCUT2D eigenvalue weighted by atomic mass is 32.2. The summed E-state index contributed by atoms with van der Waals surface area (Å²) in [6.45, 7) is -0.116. The molecule has 0 radical (unpaired) electrons. The van der Waals surface area contributed by atoms with Crippen LogP contribution in [0.4, 0.5) is 0 Å². The van der Waals surface area contributed by atoms with E-state index in [4.69, 9.17) is 14.2 Å². The molecule has 0 spiro atoms. The molecule has 0 aliphatic carbocycles. The first kappa shape index (κ1) is 19.5. The molecule has 0 aromatic heterocycles. The molecule has 0 saturated heterocycles. The van der Waals surface area contributed by atoms with Gasteiger partial charge in [0.25, 0.3) is 5.91 Å². The Balaban J connectivity index is 1.80. The largest absolute Gasteiger partial charge is 0.352 e. The van der Waals surface area contributed by atoms with Gasteiger partial charge < -0.3 is 19.5 Å². The standard InChI is InChI=1S/C16H22N2O6S/c1-22-14-8-9-16(23-2,24-14)12-18-25(20,21)11-10-17-15(19)13-6-4-3-5-7-13/h3-9,14,18H,10-12H2,1-2H3,(H,17,19)/t14-,16-/m1/s1. The Labute approximate surface area is 147 Å². The lowest BCUT2D eigenvalue weighted by molar-refractivity contribution is -0.237. The summed E-state index contributed by atoms with van der Waals surface area (Å²) in [5, 5.41) is 2.57. The van der Waals surface area contributed by atoms with E-state index in [2.05, 4.69) is 10.0 Å². The quantitative estimate of drug-likeness (QED) is 0.604. The lowest BCUT2D eigenvalue weighted by atomic mass is 10.2. The number of hydrogen-bond acceptors (Lipinski definition) is 6. The van der Waals surface area contributed by atoms with Crippen LogP contribution in [0.25, 0.3) is 0 Å². The van der Waals surface area contributed by atoms with E-state index in [9.17, 15) is 13.2 Å². The van der Waals surface area contributed by atoms with Gasteiger partial charge in [0.1, 0.15) is 0 Å². The lowest BCUT2D eigenvalue weighted by Crippen LogP contribution is -2.46. The molecule has 1 aliphatic rings. The maximum Gasteiger partial charge on any atom is 0.251 e. The highest BCUT2D eigenvalue weighted by Gasteiger charge is 2.36. The van der Waals surface area contributed by atoms with E-state index in [0.29, 0.717) is 5.56 Å². The summed E-state index contributed by atoms with van der Waals surface area (Å²) in [5.74, 6) is -1.79. The van der Waals surface area contributed by atoms with Crippen LogP contribution in [0.1, 0.15) is 10.4 Å². The molecule has 9 heteroatoms. The molecule has 2 N–H and O–H groups in total. The van der Waals surface area contributed by atoms with Gasteiger partial charge >= 0.3 is 0 Å². The van der Waals surface area contributed by atoms with Crippen molar-refractivity contribution in [2.24, 2.45) is 0 Å². The van der Waals surface area contributed by atoms with Crippen molar-refractivity contribution in [3.63, 3.8) is 0 Å². The van der Waals surface area contributed by atoms with Crippen LogP contribution in [0.15, 0.2) is 42.5 Å². The minimum atomic E-state index is -3.62. The van der Waals surface area contributed by atoms with Gasteiger partial charge in [-0.05, 0) is 24.3 Å². The van der Waals surface area contributed by atoms with Gasteiger partial charge in [0.05, 0.1) is 12.3 Å². The third-order valence-corrected chi connectivity index (χ3v) is 4.96.